The normalized spacial score (nSPS) is 15.9. The van der Waals surface area contributed by atoms with Crippen molar-refractivity contribution in [2.24, 2.45) is 0 Å². The molecule has 1 amide bonds. The van der Waals surface area contributed by atoms with Crippen molar-refractivity contribution in [1.82, 2.24) is 10.2 Å². The molecule has 1 unspecified atom stereocenters. The summed E-state index contributed by atoms with van der Waals surface area (Å²) in [5, 5.41) is 5.15. The first-order valence-corrected chi connectivity index (χ1v) is 10.2. The molecule has 0 bridgehead atoms. The molecule has 7 heteroatoms. The minimum atomic E-state index is -0.669. The molecule has 30 heavy (non-hydrogen) atoms. The van der Waals surface area contributed by atoms with Gasteiger partial charge in [0.1, 0.15) is 11.3 Å². The van der Waals surface area contributed by atoms with Gasteiger partial charge in [0.25, 0.3) is 5.91 Å². The molecule has 4 rings (SSSR count). The number of hydrogen-bond acceptors (Lipinski definition) is 6. The van der Waals surface area contributed by atoms with Crippen LogP contribution in [0.4, 0.5) is 0 Å². The van der Waals surface area contributed by atoms with Gasteiger partial charge in [-0.15, -0.1) is 0 Å². The molecule has 1 saturated heterocycles. The lowest BCUT2D eigenvalue weighted by Gasteiger charge is -2.26. The SMILES string of the molecule is Cc1c(OC(C)C(=O)NCCN2CCOCC2)ccc2c1oc(=O)c1ccccc12. The Hall–Kier alpha value is -2.90. The number of fused-ring (bicyclic) bond motifs is 3. The Kier molecular flexibility index (Phi) is 6.01. The highest BCUT2D eigenvalue weighted by Crippen LogP contribution is 2.31. The topological polar surface area (TPSA) is 81.0 Å². The van der Waals surface area contributed by atoms with E-state index in [2.05, 4.69) is 10.2 Å². The molecule has 7 nitrogen and oxygen atoms in total. The van der Waals surface area contributed by atoms with Gasteiger partial charge >= 0.3 is 5.63 Å². The van der Waals surface area contributed by atoms with E-state index < -0.39 is 6.10 Å². The molecule has 1 atom stereocenters. The number of rotatable bonds is 6. The van der Waals surface area contributed by atoms with Crippen LogP contribution < -0.4 is 15.7 Å². The molecule has 1 aliphatic heterocycles. The second kappa shape index (κ2) is 8.85. The van der Waals surface area contributed by atoms with E-state index in [0.29, 0.717) is 28.8 Å². The Morgan fingerprint density at radius 3 is 2.63 bits per heavy atom. The molecule has 2 heterocycles. The molecule has 0 saturated carbocycles. The highest BCUT2D eigenvalue weighted by Gasteiger charge is 2.18. The largest absolute Gasteiger partial charge is 0.480 e. The monoisotopic (exact) mass is 410 g/mol. The second-order valence-corrected chi connectivity index (χ2v) is 7.51. The predicted molar refractivity (Wildman–Crippen MR) is 115 cm³/mol. The van der Waals surface area contributed by atoms with Crippen molar-refractivity contribution < 1.29 is 18.7 Å². The minimum absolute atomic E-state index is 0.178. The van der Waals surface area contributed by atoms with E-state index in [9.17, 15) is 9.59 Å². The lowest BCUT2D eigenvalue weighted by Crippen LogP contribution is -2.43. The van der Waals surface area contributed by atoms with Gasteiger partial charge in [0.15, 0.2) is 6.10 Å². The number of amides is 1. The average Bonchev–Trinajstić information content (AvgIpc) is 2.77. The van der Waals surface area contributed by atoms with Gasteiger partial charge in [0.05, 0.1) is 18.6 Å². The van der Waals surface area contributed by atoms with E-state index in [-0.39, 0.29) is 11.5 Å². The van der Waals surface area contributed by atoms with Gasteiger partial charge in [0, 0.05) is 37.1 Å². The summed E-state index contributed by atoms with van der Waals surface area (Å²) in [4.78, 5) is 27.1. The number of carbonyl (C=O) groups excluding carboxylic acids is 1. The standard InChI is InChI=1S/C23H26N2O5/c1-15-20(29-16(2)22(26)24-9-10-25-11-13-28-14-12-25)8-7-18-17-5-3-4-6-19(17)23(27)30-21(15)18/h3-8,16H,9-14H2,1-2H3,(H,24,26). The maximum absolute atomic E-state index is 12.4. The molecule has 1 aromatic heterocycles. The van der Waals surface area contributed by atoms with E-state index in [4.69, 9.17) is 13.9 Å². The molecule has 3 aromatic rings. The van der Waals surface area contributed by atoms with Crippen molar-refractivity contribution in [2.75, 3.05) is 39.4 Å². The van der Waals surface area contributed by atoms with E-state index in [1.165, 1.54) is 0 Å². The quantitative estimate of drug-likeness (QED) is 0.497. The van der Waals surface area contributed by atoms with Crippen LogP contribution >= 0.6 is 0 Å². The number of carbonyl (C=O) groups is 1. The summed E-state index contributed by atoms with van der Waals surface area (Å²) < 4.78 is 16.8. The number of morpholine rings is 1. The number of ether oxygens (including phenoxy) is 2. The van der Waals surface area contributed by atoms with E-state index >= 15 is 0 Å². The van der Waals surface area contributed by atoms with Crippen molar-refractivity contribution in [3.8, 4) is 5.75 Å². The molecule has 0 radical (unpaired) electrons. The Balaban J connectivity index is 1.46. The summed E-state index contributed by atoms with van der Waals surface area (Å²) in [6, 6.07) is 11.1. The maximum Gasteiger partial charge on any atom is 0.344 e. The summed E-state index contributed by atoms with van der Waals surface area (Å²) in [5.41, 5.74) is 0.798. The van der Waals surface area contributed by atoms with Crippen LogP contribution in [0.1, 0.15) is 12.5 Å². The summed E-state index contributed by atoms with van der Waals surface area (Å²) in [6.07, 6.45) is -0.669. The average molecular weight is 410 g/mol. The smallest absolute Gasteiger partial charge is 0.344 e. The third kappa shape index (κ3) is 4.17. The summed E-state index contributed by atoms with van der Waals surface area (Å²) in [5.74, 6) is 0.347. The maximum atomic E-state index is 12.4. The minimum Gasteiger partial charge on any atom is -0.480 e. The number of nitrogens with zero attached hydrogens (tertiary/aromatic N) is 1. The van der Waals surface area contributed by atoms with Crippen molar-refractivity contribution in [1.29, 1.82) is 0 Å². The molecule has 1 aliphatic rings. The van der Waals surface area contributed by atoms with Crippen molar-refractivity contribution in [2.45, 2.75) is 20.0 Å². The molecule has 158 valence electrons. The Morgan fingerprint density at radius 2 is 1.87 bits per heavy atom. The third-order valence-corrected chi connectivity index (χ3v) is 5.49. The number of nitrogens with one attached hydrogen (secondary N) is 1. The molecule has 2 aromatic carbocycles. The van der Waals surface area contributed by atoms with Gasteiger partial charge in [-0.2, -0.15) is 0 Å². The fourth-order valence-corrected chi connectivity index (χ4v) is 3.74. The molecule has 0 spiro atoms. The van der Waals surface area contributed by atoms with Crippen LogP contribution in [-0.2, 0) is 9.53 Å². The first-order chi connectivity index (χ1) is 14.5. The lowest BCUT2D eigenvalue weighted by molar-refractivity contribution is -0.127. The van der Waals surface area contributed by atoms with Gasteiger partial charge in [-0.05, 0) is 37.4 Å². The van der Waals surface area contributed by atoms with Crippen LogP contribution in [-0.4, -0.2) is 56.3 Å². The first-order valence-electron chi connectivity index (χ1n) is 10.2. The number of aryl methyl sites for hydroxylation is 1. The van der Waals surface area contributed by atoms with Gasteiger partial charge in [-0.1, -0.05) is 18.2 Å². The lowest BCUT2D eigenvalue weighted by atomic mass is 10.0. The van der Waals surface area contributed by atoms with Crippen LogP contribution in [0.3, 0.4) is 0 Å². The zero-order chi connectivity index (χ0) is 21.1. The molecule has 1 N–H and O–H groups in total. The van der Waals surface area contributed by atoms with Crippen LogP contribution in [0.2, 0.25) is 0 Å². The van der Waals surface area contributed by atoms with E-state index in [1.807, 2.05) is 37.3 Å². The van der Waals surface area contributed by atoms with Crippen LogP contribution in [0.25, 0.3) is 21.7 Å². The molecule has 0 aliphatic carbocycles. The van der Waals surface area contributed by atoms with Crippen molar-refractivity contribution in [3.63, 3.8) is 0 Å². The number of benzene rings is 2. The van der Waals surface area contributed by atoms with Gasteiger partial charge in [-0.25, -0.2) is 4.79 Å². The molecular weight excluding hydrogens is 384 g/mol. The highest BCUT2D eigenvalue weighted by molar-refractivity contribution is 6.05. The second-order valence-electron chi connectivity index (χ2n) is 7.51. The zero-order valence-corrected chi connectivity index (χ0v) is 17.3. The predicted octanol–water partition coefficient (Wildman–Crippen LogP) is 2.47. The number of hydrogen-bond donors (Lipinski definition) is 1. The fraction of sp³-hybridized carbons (Fsp3) is 0.391. The van der Waals surface area contributed by atoms with Crippen LogP contribution in [0.5, 0.6) is 5.75 Å². The van der Waals surface area contributed by atoms with Crippen molar-refractivity contribution >= 4 is 27.6 Å². The van der Waals surface area contributed by atoms with Gasteiger partial charge < -0.3 is 19.2 Å². The fourth-order valence-electron chi connectivity index (χ4n) is 3.74. The van der Waals surface area contributed by atoms with Crippen molar-refractivity contribution in [3.05, 3.63) is 52.4 Å². The third-order valence-electron chi connectivity index (χ3n) is 5.49. The molecule has 1 fully saturated rings. The summed E-state index contributed by atoms with van der Waals surface area (Å²) in [7, 11) is 0. The Morgan fingerprint density at radius 1 is 1.13 bits per heavy atom. The van der Waals surface area contributed by atoms with E-state index in [0.717, 1.165) is 43.6 Å². The zero-order valence-electron chi connectivity index (χ0n) is 17.3. The van der Waals surface area contributed by atoms with E-state index in [1.54, 1.807) is 13.0 Å². The Labute approximate surface area is 174 Å². The van der Waals surface area contributed by atoms with Crippen LogP contribution in [0, 0.1) is 6.92 Å². The Bertz CT molecular complexity index is 1120. The highest BCUT2D eigenvalue weighted by atomic mass is 16.5. The summed E-state index contributed by atoms with van der Waals surface area (Å²) in [6.45, 7) is 8.14. The van der Waals surface area contributed by atoms with Gasteiger partial charge in [0.2, 0.25) is 0 Å². The molecular formula is C23H26N2O5. The van der Waals surface area contributed by atoms with Gasteiger partial charge in [-0.3, -0.25) is 9.69 Å². The first kappa shape index (κ1) is 20.4. The van der Waals surface area contributed by atoms with Crippen LogP contribution in [0.15, 0.2) is 45.6 Å². The summed E-state index contributed by atoms with van der Waals surface area (Å²) >= 11 is 0.